The van der Waals surface area contributed by atoms with Crippen LogP contribution in [0.25, 0.3) is 5.57 Å². The third kappa shape index (κ3) is 3.06. The second kappa shape index (κ2) is 6.68. The van der Waals surface area contributed by atoms with Crippen LogP contribution in [-0.4, -0.2) is 53.5 Å². The van der Waals surface area contributed by atoms with Crippen molar-refractivity contribution in [3.8, 4) is 0 Å². The zero-order valence-electron chi connectivity index (χ0n) is 14.3. The Morgan fingerprint density at radius 1 is 1.30 bits per heavy atom. The van der Waals surface area contributed by atoms with E-state index in [1.807, 2.05) is 25.1 Å². The maximum atomic E-state index is 13.1. The molecule has 1 atom stereocenters. The maximum absolute atomic E-state index is 13.1. The zero-order chi connectivity index (χ0) is 19.5. The number of hydrogen-bond donors (Lipinski definition) is 0. The lowest BCUT2D eigenvalue weighted by atomic mass is 10.1. The number of fused-ring (bicyclic) bond motifs is 1. The van der Waals surface area contributed by atoms with E-state index in [9.17, 15) is 18.0 Å². The number of benzene rings is 1. The fourth-order valence-corrected chi connectivity index (χ4v) is 7.19. The summed E-state index contributed by atoms with van der Waals surface area (Å²) in [6.07, 6.45) is 0.370. The van der Waals surface area contributed by atoms with Gasteiger partial charge in [0.2, 0.25) is 0 Å². The summed E-state index contributed by atoms with van der Waals surface area (Å²) in [5.74, 6) is -0.637. The molecule has 142 valence electrons. The summed E-state index contributed by atoms with van der Waals surface area (Å²) in [6.45, 7) is 2.36. The van der Waals surface area contributed by atoms with Gasteiger partial charge < -0.3 is 4.90 Å². The van der Waals surface area contributed by atoms with Gasteiger partial charge in [-0.3, -0.25) is 14.5 Å². The second-order valence-electron chi connectivity index (χ2n) is 6.51. The van der Waals surface area contributed by atoms with E-state index in [-0.39, 0.29) is 28.2 Å². The van der Waals surface area contributed by atoms with Gasteiger partial charge in [-0.05, 0) is 31.5 Å². The number of carbonyl (C=O) groups is 2. The summed E-state index contributed by atoms with van der Waals surface area (Å²) in [6, 6.07) is 5.07. The zero-order valence-corrected chi connectivity index (χ0v) is 18.3. The first-order valence-electron chi connectivity index (χ1n) is 8.35. The van der Waals surface area contributed by atoms with Crippen molar-refractivity contribution in [3.05, 3.63) is 33.1 Å². The highest BCUT2D eigenvalue weighted by Gasteiger charge is 2.46. The van der Waals surface area contributed by atoms with Crippen molar-refractivity contribution >= 4 is 77.1 Å². The molecule has 3 aliphatic rings. The smallest absolute Gasteiger partial charge is 0.267 e. The summed E-state index contributed by atoms with van der Waals surface area (Å²) >= 11 is 9.87. The highest BCUT2D eigenvalue weighted by Crippen LogP contribution is 2.46. The summed E-state index contributed by atoms with van der Waals surface area (Å²) in [7, 11) is -3.15. The van der Waals surface area contributed by atoms with Gasteiger partial charge in [0, 0.05) is 16.6 Å². The first-order valence-corrected chi connectivity index (χ1v) is 12.2. The number of amides is 2. The molecule has 0 radical (unpaired) electrons. The van der Waals surface area contributed by atoms with E-state index in [1.165, 1.54) is 4.90 Å². The second-order valence-corrected chi connectivity index (χ2v) is 11.3. The van der Waals surface area contributed by atoms with Gasteiger partial charge >= 0.3 is 0 Å². The average molecular weight is 487 g/mol. The molecule has 0 bridgehead atoms. The Bertz CT molecular complexity index is 1030. The molecular weight excluding hydrogens is 472 g/mol. The van der Waals surface area contributed by atoms with Crippen molar-refractivity contribution in [2.24, 2.45) is 0 Å². The Hall–Kier alpha value is -1.23. The number of sulfone groups is 1. The van der Waals surface area contributed by atoms with Crippen molar-refractivity contribution in [1.82, 2.24) is 4.90 Å². The fraction of sp³-hybridized carbons (Fsp3) is 0.353. The fourth-order valence-electron chi connectivity index (χ4n) is 3.66. The molecule has 3 aliphatic heterocycles. The molecule has 10 heteroatoms. The van der Waals surface area contributed by atoms with Crippen molar-refractivity contribution in [3.63, 3.8) is 0 Å². The Balaban J connectivity index is 1.80. The van der Waals surface area contributed by atoms with E-state index in [2.05, 4.69) is 15.9 Å². The standard InChI is InChI=1S/C17H15BrN2O4S3/c1-2-19-12-4-3-9(18)7-11(12)13(15(19)21)14-16(22)20(17(25)26-14)10-5-6-27(23,24)8-10/h3-4,7,10H,2,5-6,8H2,1H3. The third-order valence-electron chi connectivity index (χ3n) is 4.89. The van der Waals surface area contributed by atoms with Gasteiger partial charge in [0.25, 0.3) is 11.8 Å². The van der Waals surface area contributed by atoms with Crippen LogP contribution in [0.5, 0.6) is 0 Å². The Morgan fingerprint density at radius 2 is 2.04 bits per heavy atom. The molecule has 27 heavy (non-hydrogen) atoms. The molecule has 1 aromatic carbocycles. The van der Waals surface area contributed by atoms with Gasteiger partial charge in [-0.25, -0.2) is 8.42 Å². The van der Waals surface area contributed by atoms with E-state index >= 15 is 0 Å². The largest absolute Gasteiger partial charge is 0.308 e. The van der Waals surface area contributed by atoms with Crippen molar-refractivity contribution in [2.45, 2.75) is 19.4 Å². The Kier molecular flexibility index (Phi) is 4.73. The number of anilines is 1. The van der Waals surface area contributed by atoms with Crippen molar-refractivity contribution in [1.29, 1.82) is 0 Å². The van der Waals surface area contributed by atoms with E-state index in [4.69, 9.17) is 12.2 Å². The quantitative estimate of drug-likeness (QED) is 0.472. The van der Waals surface area contributed by atoms with Gasteiger partial charge in [0.1, 0.15) is 4.32 Å². The van der Waals surface area contributed by atoms with Crippen LogP contribution in [0.15, 0.2) is 27.6 Å². The number of hydrogen-bond acceptors (Lipinski definition) is 6. The number of rotatable bonds is 2. The molecule has 1 aromatic rings. The summed E-state index contributed by atoms with van der Waals surface area (Å²) in [5.41, 5.74) is 1.79. The number of carbonyl (C=O) groups excluding carboxylic acids is 2. The van der Waals surface area contributed by atoms with Gasteiger partial charge in [-0.15, -0.1) is 0 Å². The van der Waals surface area contributed by atoms with Crippen LogP contribution in [0.1, 0.15) is 18.9 Å². The molecule has 0 spiro atoms. The Labute approximate surface area is 175 Å². The summed E-state index contributed by atoms with van der Waals surface area (Å²) < 4.78 is 24.8. The average Bonchev–Trinajstić information content (AvgIpc) is 3.18. The van der Waals surface area contributed by atoms with Gasteiger partial charge in [-0.1, -0.05) is 39.9 Å². The number of thioether (sulfide) groups is 1. The predicted molar refractivity (Wildman–Crippen MR) is 113 cm³/mol. The molecule has 0 aliphatic carbocycles. The first kappa shape index (κ1) is 19.1. The van der Waals surface area contributed by atoms with Crippen LogP contribution in [-0.2, 0) is 19.4 Å². The SMILES string of the molecule is CCN1C(=O)C(=C2SC(=S)N(C3CCS(=O)(=O)C3)C2=O)c2cc(Br)ccc21. The van der Waals surface area contributed by atoms with Crippen LogP contribution >= 0.6 is 39.9 Å². The van der Waals surface area contributed by atoms with Crippen LogP contribution < -0.4 is 4.90 Å². The molecule has 1 unspecified atom stereocenters. The van der Waals surface area contributed by atoms with Crippen molar-refractivity contribution < 1.29 is 18.0 Å². The minimum Gasteiger partial charge on any atom is -0.308 e. The normalized spacial score (nSPS) is 27.0. The molecule has 3 heterocycles. The summed E-state index contributed by atoms with van der Waals surface area (Å²) in [4.78, 5) is 29.4. The molecule has 6 nitrogen and oxygen atoms in total. The predicted octanol–water partition coefficient (Wildman–Crippen LogP) is 2.57. The number of likely N-dealkylation sites (N-methyl/N-ethyl adjacent to an activating group) is 1. The lowest BCUT2D eigenvalue weighted by Crippen LogP contribution is -2.39. The highest BCUT2D eigenvalue weighted by atomic mass is 79.9. The minimum atomic E-state index is -3.15. The number of halogens is 1. The molecule has 2 fully saturated rings. The lowest BCUT2D eigenvalue weighted by Gasteiger charge is -2.21. The molecule has 0 N–H and O–H groups in total. The van der Waals surface area contributed by atoms with E-state index in [0.717, 1.165) is 21.9 Å². The van der Waals surface area contributed by atoms with E-state index < -0.39 is 15.9 Å². The monoisotopic (exact) mass is 486 g/mol. The molecule has 2 saturated heterocycles. The number of nitrogens with zero attached hydrogens (tertiary/aromatic N) is 2. The van der Waals surface area contributed by atoms with Crippen LogP contribution in [0.2, 0.25) is 0 Å². The maximum Gasteiger partial charge on any atom is 0.267 e. The summed E-state index contributed by atoms with van der Waals surface area (Å²) in [5, 5.41) is 0. The van der Waals surface area contributed by atoms with Gasteiger partial charge in [0.15, 0.2) is 9.84 Å². The third-order valence-corrected chi connectivity index (χ3v) is 8.54. The van der Waals surface area contributed by atoms with Crippen molar-refractivity contribution in [2.75, 3.05) is 23.0 Å². The van der Waals surface area contributed by atoms with Crippen LogP contribution in [0.4, 0.5) is 5.69 Å². The molecule has 0 saturated carbocycles. The van der Waals surface area contributed by atoms with Crippen LogP contribution in [0.3, 0.4) is 0 Å². The highest BCUT2D eigenvalue weighted by molar-refractivity contribution is 9.10. The van der Waals surface area contributed by atoms with Crippen LogP contribution in [0, 0.1) is 0 Å². The number of thiocarbonyl (C=S) groups is 1. The first-order chi connectivity index (χ1) is 12.7. The van der Waals surface area contributed by atoms with Gasteiger partial charge in [0.05, 0.1) is 33.7 Å². The van der Waals surface area contributed by atoms with E-state index in [1.54, 1.807) is 4.90 Å². The molecular formula is C17H15BrN2O4S3. The Morgan fingerprint density at radius 3 is 2.67 bits per heavy atom. The van der Waals surface area contributed by atoms with E-state index in [0.29, 0.717) is 28.4 Å². The lowest BCUT2D eigenvalue weighted by molar-refractivity contribution is -0.123. The molecule has 2 amide bonds. The molecule has 4 rings (SSSR count). The topological polar surface area (TPSA) is 74.8 Å². The molecule has 0 aromatic heterocycles. The minimum absolute atomic E-state index is 0.0545. The van der Waals surface area contributed by atoms with Gasteiger partial charge in [-0.2, -0.15) is 0 Å².